The van der Waals surface area contributed by atoms with Gasteiger partial charge >= 0.3 is 23.9 Å². The van der Waals surface area contributed by atoms with E-state index in [1.54, 1.807) is 0 Å². The normalized spacial score (nSPS) is 13.6. The highest BCUT2D eigenvalue weighted by molar-refractivity contribution is 5.95. The molecule has 0 rings (SSSR count). The number of hydrogen-bond donors (Lipinski definition) is 13. The summed E-state index contributed by atoms with van der Waals surface area (Å²) in [5, 5.41) is 44.8. The largest absolute Gasteiger partial charge is 0.481 e. The Kier molecular flexibility index (Phi) is 18.5. The summed E-state index contributed by atoms with van der Waals surface area (Å²) in [5.74, 6) is -11.1. The second-order valence-electron chi connectivity index (χ2n) is 9.88. The number of carbonyl (C=O) groups excluding carboxylic acids is 4. The summed E-state index contributed by atoms with van der Waals surface area (Å²) >= 11 is 0. The average Bonchev–Trinajstić information content (AvgIpc) is 2.94. The van der Waals surface area contributed by atoms with Crippen molar-refractivity contribution in [1.82, 2.24) is 21.3 Å². The lowest BCUT2D eigenvalue weighted by molar-refractivity contribution is -0.147. The van der Waals surface area contributed by atoms with E-state index in [-0.39, 0.29) is 50.7 Å². The van der Waals surface area contributed by atoms with E-state index in [9.17, 15) is 48.6 Å². The van der Waals surface area contributed by atoms with Crippen LogP contribution in [-0.4, -0.2) is 123 Å². The molecule has 0 aromatic carbocycles. The zero-order valence-corrected chi connectivity index (χ0v) is 25.1. The van der Waals surface area contributed by atoms with Gasteiger partial charge in [0, 0.05) is 13.1 Å². The maximum absolute atomic E-state index is 12.8. The number of nitrogens with two attached hydrogens (primary N) is 5. The molecule has 0 unspecified atom stereocenters. The van der Waals surface area contributed by atoms with Gasteiger partial charge in [-0.15, -0.1) is 0 Å². The van der Waals surface area contributed by atoms with Crippen LogP contribution in [0.5, 0.6) is 0 Å². The van der Waals surface area contributed by atoms with Crippen molar-refractivity contribution in [1.29, 1.82) is 0 Å². The highest BCUT2D eigenvalue weighted by Crippen LogP contribution is 2.05. The molecule has 5 atom stereocenters. The molecule has 0 spiro atoms. The van der Waals surface area contributed by atoms with Gasteiger partial charge in [0.25, 0.3) is 0 Å². The van der Waals surface area contributed by atoms with Gasteiger partial charge in [0.2, 0.25) is 23.6 Å². The molecule has 0 aliphatic carbocycles. The quantitative estimate of drug-likeness (QED) is 0.0272. The summed E-state index contributed by atoms with van der Waals surface area (Å²) in [6, 6.07) is -8.25. The van der Waals surface area contributed by atoms with E-state index in [0.717, 1.165) is 0 Å². The lowest BCUT2D eigenvalue weighted by atomic mass is 10.1. The number of nitrogens with zero attached hydrogens (tertiary/aromatic N) is 2. The topological polar surface area (TPSA) is 420 Å². The lowest BCUT2D eigenvalue weighted by Gasteiger charge is -2.23. The molecule has 0 aromatic heterocycles. The minimum Gasteiger partial charge on any atom is -0.481 e. The Hall–Kier alpha value is -5.74. The molecule has 23 nitrogen and oxygen atoms in total. The zero-order valence-electron chi connectivity index (χ0n) is 25.1. The zero-order chi connectivity index (χ0) is 36.3. The van der Waals surface area contributed by atoms with E-state index < -0.39 is 97.0 Å². The summed E-state index contributed by atoms with van der Waals surface area (Å²) in [4.78, 5) is 103. The summed E-state index contributed by atoms with van der Waals surface area (Å²) in [6.07, 6.45) is -2.88. The molecule has 47 heavy (non-hydrogen) atoms. The Morgan fingerprint density at radius 3 is 1.23 bits per heavy atom. The second-order valence-corrected chi connectivity index (χ2v) is 9.88. The van der Waals surface area contributed by atoms with Crippen LogP contribution in [0.15, 0.2) is 9.98 Å². The predicted molar refractivity (Wildman–Crippen MR) is 160 cm³/mol. The average molecular weight is 676 g/mol. The van der Waals surface area contributed by atoms with Crippen molar-refractivity contribution in [3.05, 3.63) is 0 Å². The minimum absolute atomic E-state index is 0.00320. The number of amides is 4. The fraction of sp³-hybridized carbons (Fsp3) is 0.583. The van der Waals surface area contributed by atoms with Gasteiger partial charge in [-0.25, -0.2) is 9.59 Å². The van der Waals surface area contributed by atoms with E-state index in [0.29, 0.717) is 0 Å². The predicted octanol–water partition coefficient (Wildman–Crippen LogP) is -6.13. The number of aliphatic imine (C=N–C) groups is 2. The molecule has 264 valence electrons. The number of aliphatic carboxylic acids is 4. The van der Waals surface area contributed by atoms with Crippen molar-refractivity contribution in [2.45, 2.75) is 75.2 Å². The van der Waals surface area contributed by atoms with Crippen molar-refractivity contribution < 1.29 is 58.8 Å². The van der Waals surface area contributed by atoms with Gasteiger partial charge in [0.1, 0.15) is 24.2 Å². The lowest BCUT2D eigenvalue weighted by Crippen LogP contribution is -2.56. The molecule has 18 N–H and O–H groups in total. The number of nitrogens with one attached hydrogen (secondary N) is 4. The highest BCUT2D eigenvalue weighted by Gasteiger charge is 2.31. The third-order valence-corrected chi connectivity index (χ3v) is 5.90. The molecular weight excluding hydrogens is 634 g/mol. The third kappa shape index (κ3) is 18.6. The number of rotatable bonds is 23. The van der Waals surface area contributed by atoms with E-state index in [1.165, 1.54) is 0 Å². The molecule has 23 heteroatoms. The summed E-state index contributed by atoms with van der Waals surface area (Å²) in [7, 11) is 0. The molecule has 0 aliphatic heterocycles. The van der Waals surface area contributed by atoms with Crippen LogP contribution >= 0.6 is 0 Å². The van der Waals surface area contributed by atoms with E-state index in [2.05, 4.69) is 20.6 Å². The second kappa shape index (κ2) is 21.1. The Balaban J connectivity index is 5.72. The number of carboxylic acid groups (broad SMARTS) is 4. The summed E-state index contributed by atoms with van der Waals surface area (Å²) in [5.41, 5.74) is 26.8. The van der Waals surface area contributed by atoms with Crippen molar-refractivity contribution in [3.8, 4) is 0 Å². The number of guanidine groups is 2. The molecule has 0 saturated carbocycles. The van der Waals surface area contributed by atoms with Gasteiger partial charge in [-0.2, -0.15) is 0 Å². The molecule has 0 radical (unpaired) electrons. The van der Waals surface area contributed by atoms with Gasteiger partial charge in [-0.05, 0) is 25.7 Å². The van der Waals surface area contributed by atoms with Gasteiger partial charge in [0.15, 0.2) is 11.9 Å². The number of carboxylic acids is 4. The van der Waals surface area contributed by atoms with Crippen molar-refractivity contribution in [3.63, 3.8) is 0 Å². The standard InChI is InChI=1S/C24H41N11O12/c25-10(18(41)33-12(4-2-6-31-24(28)29)20(43)35-14(22(46)47)9-17(39)40)7-15(36)32-11(3-1-5-30-23(26)27)19(42)34-13(21(44)45)8-16(37)38/h10-14H,1-9,25H2,(H,32,36)(H,33,41)(H,34,42)(H,35,43)(H,37,38)(H,39,40)(H,44,45)(H,46,47)(H4,26,27,30)(H4,28,29,31)/t10-,11-,12-,13-,14-/m0/s1. The van der Waals surface area contributed by atoms with Gasteiger partial charge < -0.3 is 70.4 Å². The third-order valence-electron chi connectivity index (χ3n) is 5.90. The van der Waals surface area contributed by atoms with Gasteiger partial charge in [-0.3, -0.25) is 38.8 Å². The van der Waals surface area contributed by atoms with Crippen molar-refractivity contribution >= 4 is 59.4 Å². The first-order chi connectivity index (χ1) is 21.8. The molecule has 0 aromatic rings. The molecular formula is C24H41N11O12. The van der Waals surface area contributed by atoms with Crippen LogP contribution < -0.4 is 49.9 Å². The van der Waals surface area contributed by atoms with Crippen molar-refractivity contribution in [2.75, 3.05) is 13.1 Å². The Morgan fingerprint density at radius 2 is 0.894 bits per heavy atom. The SMILES string of the molecule is NC(N)=NCCC[C@H](NC(=O)C[C@H](N)C(=O)N[C@@H](CCCN=C(N)N)C(=O)N[C@@H](CC(=O)O)C(=O)O)C(=O)N[C@@H](CC(=O)O)C(=O)O. The van der Waals surface area contributed by atoms with Crippen LogP contribution in [0, 0.1) is 0 Å². The molecule has 0 bridgehead atoms. The van der Waals surface area contributed by atoms with Crippen LogP contribution in [0.1, 0.15) is 44.9 Å². The Labute approximate surface area is 266 Å². The maximum atomic E-state index is 12.8. The summed E-state index contributed by atoms with van der Waals surface area (Å²) in [6.45, 7) is -0.00100. The highest BCUT2D eigenvalue weighted by atomic mass is 16.4. The molecule has 0 fully saturated rings. The fourth-order valence-corrected chi connectivity index (χ4v) is 3.66. The number of carbonyl (C=O) groups is 8. The van der Waals surface area contributed by atoms with Crippen LogP contribution in [0.3, 0.4) is 0 Å². The van der Waals surface area contributed by atoms with E-state index >= 15 is 0 Å². The monoisotopic (exact) mass is 675 g/mol. The molecule has 4 amide bonds. The van der Waals surface area contributed by atoms with E-state index in [1.807, 2.05) is 10.6 Å². The fourth-order valence-electron chi connectivity index (χ4n) is 3.66. The van der Waals surface area contributed by atoms with Gasteiger partial charge in [-0.1, -0.05) is 0 Å². The molecule has 0 aliphatic rings. The molecule has 0 heterocycles. The number of hydrogen-bond acceptors (Lipinski definition) is 11. The first-order valence-corrected chi connectivity index (χ1v) is 13.8. The minimum atomic E-state index is -1.84. The van der Waals surface area contributed by atoms with Crippen LogP contribution in [-0.2, 0) is 38.4 Å². The Bertz CT molecular complexity index is 1220. The summed E-state index contributed by atoms with van der Waals surface area (Å²) < 4.78 is 0. The molecule has 0 saturated heterocycles. The van der Waals surface area contributed by atoms with Crippen molar-refractivity contribution in [2.24, 2.45) is 38.7 Å². The van der Waals surface area contributed by atoms with Crippen LogP contribution in [0.4, 0.5) is 0 Å². The Morgan fingerprint density at radius 1 is 0.532 bits per heavy atom. The first-order valence-electron chi connectivity index (χ1n) is 13.8. The smallest absolute Gasteiger partial charge is 0.326 e. The first kappa shape index (κ1) is 41.3. The maximum Gasteiger partial charge on any atom is 0.326 e. The van der Waals surface area contributed by atoms with Crippen LogP contribution in [0.2, 0.25) is 0 Å². The van der Waals surface area contributed by atoms with Crippen LogP contribution in [0.25, 0.3) is 0 Å². The van der Waals surface area contributed by atoms with E-state index in [4.69, 9.17) is 38.9 Å². The van der Waals surface area contributed by atoms with Gasteiger partial charge in [0.05, 0.1) is 25.3 Å².